The summed E-state index contributed by atoms with van der Waals surface area (Å²) in [5.74, 6) is -1.01. The number of rotatable bonds is 12. The highest BCUT2D eigenvalue weighted by Crippen LogP contribution is 2.36. The second-order valence-electron chi connectivity index (χ2n) is 12.5. The van der Waals surface area contributed by atoms with Crippen molar-refractivity contribution in [2.24, 2.45) is 0 Å². The fourth-order valence-electron chi connectivity index (χ4n) is 5.67. The van der Waals surface area contributed by atoms with Crippen LogP contribution < -0.4 is 19.1 Å². The van der Waals surface area contributed by atoms with Crippen LogP contribution in [-0.2, 0) is 0 Å². The number of benzene rings is 6. The zero-order valence-electron chi connectivity index (χ0n) is 29.9. The van der Waals surface area contributed by atoms with Crippen LogP contribution in [0.25, 0.3) is 36.5 Å². The van der Waals surface area contributed by atoms with E-state index in [0.717, 1.165) is 33.8 Å². The van der Waals surface area contributed by atoms with E-state index in [2.05, 4.69) is 14.2 Å². The monoisotopic (exact) mass is 803 g/mol. The van der Waals surface area contributed by atoms with Gasteiger partial charge in [-0.1, -0.05) is 109 Å². The molecule has 296 valence electrons. The first-order valence-electron chi connectivity index (χ1n) is 17.3. The lowest BCUT2D eigenvalue weighted by molar-refractivity contribution is -0.275. The zero-order valence-corrected chi connectivity index (χ0v) is 29.9. The van der Waals surface area contributed by atoms with E-state index in [1.807, 2.05) is 77.7 Å². The highest BCUT2D eigenvalue weighted by Gasteiger charge is 2.32. The van der Waals surface area contributed by atoms with E-state index in [1.54, 1.807) is 54.7 Å². The van der Waals surface area contributed by atoms with E-state index in [9.17, 15) is 39.5 Å². The lowest BCUT2D eigenvalue weighted by Crippen LogP contribution is -2.17. The predicted octanol–water partition coefficient (Wildman–Crippen LogP) is 14.4. The van der Waals surface area contributed by atoms with Crippen molar-refractivity contribution in [3.63, 3.8) is 0 Å². The predicted molar refractivity (Wildman–Crippen MR) is 207 cm³/mol. The highest BCUT2D eigenvalue weighted by atomic mass is 19.4. The van der Waals surface area contributed by atoms with Gasteiger partial charge in [0.25, 0.3) is 0 Å². The number of halogens is 9. The molecule has 58 heavy (non-hydrogen) atoms. The molecule has 0 aliphatic rings. The molecule has 0 aliphatic carbocycles. The molecule has 0 heterocycles. The molecule has 6 aromatic rings. The quantitative estimate of drug-likeness (QED) is 0.0911. The van der Waals surface area contributed by atoms with Crippen LogP contribution >= 0.6 is 0 Å². The Morgan fingerprint density at radius 2 is 0.552 bits per heavy atom. The third-order valence-corrected chi connectivity index (χ3v) is 8.13. The Morgan fingerprint density at radius 3 is 0.793 bits per heavy atom. The van der Waals surface area contributed by atoms with Crippen LogP contribution in [0.2, 0.25) is 0 Å². The summed E-state index contributed by atoms with van der Waals surface area (Å²) in [7, 11) is 0. The molecule has 0 saturated carbocycles. The maximum atomic E-state index is 12.7. The third kappa shape index (κ3) is 12.6. The van der Waals surface area contributed by atoms with E-state index in [0.29, 0.717) is 16.7 Å². The molecule has 4 nitrogen and oxygen atoms in total. The van der Waals surface area contributed by atoms with Gasteiger partial charge in [-0.05, 0) is 106 Å². The number of nitrogens with zero attached hydrogens (tertiary/aromatic N) is 1. The maximum Gasteiger partial charge on any atom is 0.573 e. The summed E-state index contributed by atoms with van der Waals surface area (Å²) < 4.78 is 126. The lowest BCUT2D eigenvalue weighted by atomic mass is 10.1. The summed E-state index contributed by atoms with van der Waals surface area (Å²) in [5, 5.41) is 0. The summed E-state index contributed by atoms with van der Waals surface area (Å²) in [6.07, 6.45) is -4.21. The Kier molecular flexibility index (Phi) is 12.3. The first-order chi connectivity index (χ1) is 27.5. The molecule has 0 N–H and O–H groups in total. The topological polar surface area (TPSA) is 30.9 Å². The average molecular weight is 804 g/mol. The van der Waals surface area contributed by atoms with Crippen LogP contribution in [0.4, 0.5) is 56.6 Å². The van der Waals surface area contributed by atoms with Crippen LogP contribution in [0.3, 0.4) is 0 Å². The number of hydrogen-bond donors (Lipinski definition) is 0. The molecule has 0 aliphatic heterocycles. The van der Waals surface area contributed by atoms with Crippen LogP contribution in [0.15, 0.2) is 146 Å². The van der Waals surface area contributed by atoms with Crippen molar-refractivity contribution in [1.82, 2.24) is 0 Å². The molecule has 6 rings (SSSR count). The fourth-order valence-corrected chi connectivity index (χ4v) is 5.67. The Bertz CT molecular complexity index is 2110. The standard InChI is InChI=1S/C45H30F9NO3/c46-43(47,48)56-40-7-1-4-34(28-40)13-10-31-16-22-37(23-17-31)55(38-24-18-32(19-25-38)11-14-35-5-2-8-41(29-35)57-44(49,50)51)39-26-20-33(21-27-39)12-15-36-6-3-9-42(30-36)58-45(52,53)54/h1-30H. The van der Waals surface area contributed by atoms with Crippen molar-refractivity contribution in [2.75, 3.05) is 4.90 Å². The summed E-state index contributed by atoms with van der Waals surface area (Å²) in [4.78, 5) is 1.97. The second kappa shape index (κ2) is 17.5. The van der Waals surface area contributed by atoms with Crippen molar-refractivity contribution < 1.29 is 53.7 Å². The molecule has 0 saturated heterocycles. The van der Waals surface area contributed by atoms with Gasteiger partial charge in [0, 0.05) is 17.1 Å². The molecular weight excluding hydrogens is 773 g/mol. The van der Waals surface area contributed by atoms with Crippen molar-refractivity contribution in [2.45, 2.75) is 19.1 Å². The van der Waals surface area contributed by atoms with Gasteiger partial charge in [-0.3, -0.25) is 0 Å². The van der Waals surface area contributed by atoms with Gasteiger partial charge in [-0.2, -0.15) is 0 Å². The third-order valence-electron chi connectivity index (χ3n) is 8.13. The van der Waals surface area contributed by atoms with Crippen molar-refractivity contribution in [3.05, 3.63) is 179 Å². The molecule has 0 bridgehead atoms. The largest absolute Gasteiger partial charge is 0.573 e. The Labute approximate surface area is 327 Å². The van der Waals surface area contributed by atoms with E-state index in [4.69, 9.17) is 0 Å². The molecule has 0 radical (unpaired) electrons. The highest BCUT2D eigenvalue weighted by molar-refractivity contribution is 5.80. The first-order valence-corrected chi connectivity index (χ1v) is 17.3. The van der Waals surface area contributed by atoms with Gasteiger partial charge in [0.05, 0.1) is 0 Å². The average Bonchev–Trinajstić information content (AvgIpc) is 3.15. The van der Waals surface area contributed by atoms with Gasteiger partial charge in [0.2, 0.25) is 0 Å². The SMILES string of the molecule is FC(F)(F)Oc1cccc(C=Cc2ccc(N(c3ccc(C=Cc4cccc(OC(F)(F)F)c4)cc3)c3ccc(C=Cc4cccc(OC(F)(F)F)c4)cc3)cc2)c1. The number of hydrogen-bond acceptors (Lipinski definition) is 4. The molecular formula is C45H30F9NO3. The van der Waals surface area contributed by atoms with Crippen molar-refractivity contribution in [3.8, 4) is 17.2 Å². The minimum atomic E-state index is -4.81. The summed E-state index contributed by atoms with van der Waals surface area (Å²) >= 11 is 0. The Morgan fingerprint density at radius 1 is 0.310 bits per heavy atom. The molecule has 0 fully saturated rings. The minimum absolute atomic E-state index is 0.335. The molecule has 0 unspecified atom stereocenters. The molecule has 0 aromatic heterocycles. The molecule has 0 atom stereocenters. The summed E-state index contributed by atoms with van der Waals surface area (Å²) in [6, 6.07) is 39.1. The number of alkyl halides is 9. The van der Waals surface area contributed by atoms with E-state index in [-0.39, 0.29) is 17.2 Å². The zero-order chi connectivity index (χ0) is 41.3. The maximum absolute atomic E-state index is 12.7. The van der Waals surface area contributed by atoms with Gasteiger partial charge in [0.15, 0.2) is 0 Å². The molecule has 0 amide bonds. The molecule has 13 heteroatoms. The van der Waals surface area contributed by atoms with E-state index >= 15 is 0 Å². The van der Waals surface area contributed by atoms with Crippen LogP contribution in [-0.4, -0.2) is 19.1 Å². The first kappa shape index (κ1) is 40.8. The van der Waals surface area contributed by atoms with Crippen LogP contribution in [0.1, 0.15) is 33.4 Å². The summed E-state index contributed by atoms with van der Waals surface area (Å²) in [6.45, 7) is 0. The second-order valence-corrected chi connectivity index (χ2v) is 12.5. The van der Waals surface area contributed by atoms with Crippen LogP contribution in [0, 0.1) is 0 Å². The smallest absolute Gasteiger partial charge is 0.406 e. The number of ether oxygens (including phenoxy) is 3. The van der Waals surface area contributed by atoms with Gasteiger partial charge in [0.1, 0.15) is 17.2 Å². The molecule has 0 spiro atoms. The Balaban J connectivity index is 1.25. The Hall–Kier alpha value is -6.89. The minimum Gasteiger partial charge on any atom is -0.406 e. The lowest BCUT2D eigenvalue weighted by Gasteiger charge is -2.26. The van der Waals surface area contributed by atoms with Gasteiger partial charge >= 0.3 is 19.1 Å². The normalized spacial score (nSPS) is 12.4. The van der Waals surface area contributed by atoms with Crippen LogP contribution in [0.5, 0.6) is 17.2 Å². The molecule has 6 aromatic carbocycles. The van der Waals surface area contributed by atoms with E-state index in [1.165, 1.54) is 54.6 Å². The fraction of sp³-hybridized carbons (Fsp3) is 0.0667. The summed E-state index contributed by atoms with van der Waals surface area (Å²) in [5.41, 5.74) is 6.07. The van der Waals surface area contributed by atoms with Crippen molar-refractivity contribution >= 4 is 53.5 Å². The van der Waals surface area contributed by atoms with Gasteiger partial charge in [-0.25, -0.2) is 0 Å². The van der Waals surface area contributed by atoms with E-state index < -0.39 is 19.1 Å². The van der Waals surface area contributed by atoms with Gasteiger partial charge in [-0.15, -0.1) is 39.5 Å². The van der Waals surface area contributed by atoms with Crippen molar-refractivity contribution in [1.29, 1.82) is 0 Å². The number of anilines is 3. The van der Waals surface area contributed by atoms with Gasteiger partial charge < -0.3 is 19.1 Å².